The van der Waals surface area contributed by atoms with Crippen LogP contribution in [0.25, 0.3) is 11.0 Å². The van der Waals surface area contributed by atoms with E-state index in [1.807, 2.05) is 45.0 Å². The van der Waals surface area contributed by atoms with Gasteiger partial charge < -0.3 is 10.2 Å². The molecule has 6 heteroatoms. The number of nitrogens with zero attached hydrogens (tertiary/aromatic N) is 1. The Morgan fingerprint density at radius 1 is 1.15 bits per heavy atom. The van der Waals surface area contributed by atoms with E-state index in [9.17, 15) is 4.79 Å². The Labute approximate surface area is 161 Å². The summed E-state index contributed by atoms with van der Waals surface area (Å²) in [6.45, 7) is 5.88. The molecule has 0 radical (unpaired) electrons. The van der Waals surface area contributed by atoms with Gasteiger partial charge in [-0.3, -0.25) is 0 Å². The van der Waals surface area contributed by atoms with Crippen molar-refractivity contribution in [3.63, 3.8) is 0 Å². The van der Waals surface area contributed by atoms with E-state index in [0.29, 0.717) is 21.5 Å². The van der Waals surface area contributed by atoms with Gasteiger partial charge in [0.15, 0.2) is 5.17 Å². The Morgan fingerprint density at radius 2 is 1.85 bits per heavy atom. The van der Waals surface area contributed by atoms with E-state index in [1.165, 1.54) is 17.8 Å². The number of thioether (sulfide) groups is 1. The van der Waals surface area contributed by atoms with Gasteiger partial charge in [-0.15, -0.1) is 0 Å². The highest BCUT2D eigenvalue weighted by molar-refractivity contribution is 8.13. The van der Waals surface area contributed by atoms with E-state index >= 15 is 0 Å². The largest absolute Gasteiger partial charge is 0.423 e. The molecule has 0 unspecified atom stereocenters. The number of hydrogen-bond acceptors (Lipinski definition) is 4. The number of aliphatic imine (C=N–C) groups is 1. The second-order valence-electron chi connectivity index (χ2n) is 6.17. The minimum absolute atomic E-state index is 0.389. The molecule has 0 amide bonds. The summed E-state index contributed by atoms with van der Waals surface area (Å²) < 4.78 is 5.29. The first-order valence-electron chi connectivity index (χ1n) is 8.11. The maximum absolute atomic E-state index is 11.9. The number of hydrogen-bond donors (Lipinski definition) is 1. The summed E-state index contributed by atoms with van der Waals surface area (Å²) in [5.41, 5.74) is 11.0. The lowest BCUT2D eigenvalue weighted by molar-refractivity contribution is 0.559. The van der Waals surface area contributed by atoms with Crippen LogP contribution in [0.1, 0.15) is 22.3 Å². The van der Waals surface area contributed by atoms with Crippen LogP contribution in [0.3, 0.4) is 0 Å². The van der Waals surface area contributed by atoms with Crippen LogP contribution in [0, 0.1) is 20.8 Å². The fraction of sp³-hybridized carbons (Fsp3) is 0.200. The Kier molecular flexibility index (Phi) is 5.39. The molecule has 3 aromatic rings. The molecule has 2 aromatic carbocycles. The molecule has 26 heavy (non-hydrogen) atoms. The summed E-state index contributed by atoms with van der Waals surface area (Å²) in [5.74, 6) is 0.502. The number of nitrogens with two attached hydrogens (primary N) is 1. The number of amidine groups is 1. The van der Waals surface area contributed by atoms with Crippen LogP contribution >= 0.6 is 23.4 Å². The van der Waals surface area contributed by atoms with Crippen LogP contribution in [0.4, 0.5) is 5.69 Å². The van der Waals surface area contributed by atoms with Crippen molar-refractivity contribution in [3.8, 4) is 0 Å². The van der Waals surface area contributed by atoms with Crippen LogP contribution in [0.5, 0.6) is 0 Å². The number of rotatable bonds is 3. The first-order chi connectivity index (χ1) is 12.3. The predicted molar refractivity (Wildman–Crippen MR) is 111 cm³/mol. The summed E-state index contributed by atoms with van der Waals surface area (Å²) in [5, 5.41) is 1.89. The van der Waals surface area contributed by atoms with Crippen LogP contribution < -0.4 is 11.4 Å². The van der Waals surface area contributed by atoms with Crippen molar-refractivity contribution in [3.05, 3.63) is 74.1 Å². The molecule has 3 rings (SSSR count). The molecule has 0 atom stereocenters. The SMILES string of the molecule is Cc1cc2oc(=O)cc(CSC(N)=Nc3c(C)cccc3C)c2cc1Cl. The number of para-hydroxylation sites is 1. The summed E-state index contributed by atoms with van der Waals surface area (Å²) in [6, 6.07) is 11.1. The second-order valence-corrected chi connectivity index (χ2v) is 7.57. The molecule has 1 aromatic heterocycles. The van der Waals surface area contributed by atoms with E-state index in [-0.39, 0.29) is 5.63 Å². The van der Waals surface area contributed by atoms with Crippen LogP contribution in [0.15, 0.2) is 50.6 Å². The topological polar surface area (TPSA) is 68.6 Å². The summed E-state index contributed by atoms with van der Waals surface area (Å²) in [6.07, 6.45) is 0. The molecule has 0 aliphatic carbocycles. The minimum Gasteiger partial charge on any atom is -0.423 e. The first kappa shape index (κ1) is 18.5. The van der Waals surface area contributed by atoms with Gasteiger partial charge >= 0.3 is 5.63 Å². The lowest BCUT2D eigenvalue weighted by Crippen LogP contribution is -2.08. The van der Waals surface area contributed by atoms with E-state index in [1.54, 1.807) is 6.07 Å². The highest BCUT2D eigenvalue weighted by Gasteiger charge is 2.10. The molecule has 134 valence electrons. The predicted octanol–water partition coefficient (Wildman–Crippen LogP) is 5.25. The smallest absolute Gasteiger partial charge is 0.336 e. The summed E-state index contributed by atoms with van der Waals surface area (Å²) >= 11 is 7.61. The Morgan fingerprint density at radius 3 is 2.54 bits per heavy atom. The number of aryl methyl sites for hydroxylation is 3. The third kappa shape index (κ3) is 3.94. The number of benzene rings is 2. The Bertz CT molecular complexity index is 1050. The molecular formula is C20H19ClN2O2S. The molecule has 0 spiro atoms. The normalized spacial score (nSPS) is 11.9. The van der Waals surface area contributed by atoms with Gasteiger partial charge in [-0.05, 0) is 55.2 Å². The van der Waals surface area contributed by atoms with Gasteiger partial charge in [0.25, 0.3) is 0 Å². The van der Waals surface area contributed by atoms with E-state index in [4.69, 9.17) is 21.8 Å². The molecule has 0 saturated heterocycles. The average Bonchev–Trinajstić information content (AvgIpc) is 2.58. The van der Waals surface area contributed by atoms with Crippen molar-refractivity contribution in [2.24, 2.45) is 10.7 Å². The van der Waals surface area contributed by atoms with Gasteiger partial charge in [0.2, 0.25) is 0 Å². The third-order valence-corrected chi connectivity index (χ3v) is 5.40. The molecule has 0 saturated carbocycles. The van der Waals surface area contributed by atoms with Crippen molar-refractivity contribution >= 4 is 45.2 Å². The fourth-order valence-corrected chi connectivity index (χ4v) is 3.61. The monoisotopic (exact) mass is 386 g/mol. The van der Waals surface area contributed by atoms with Crippen LogP contribution in [0.2, 0.25) is 5.02 Å². The zero-order valence-corrected chi connectivity index (χ0v) is 16.4. The molecule has 2 N–H and O–H groups in total. The molecule has 0 fully saturated rings. The van der Waals surface area contributed by atoms with Gasteiger partial charge in [0.1, 0.15) is 5.58 Å². The second kappa shape index (κ2) is 7.56. The molecule has 0 bridgehead atoms. The van der Waals surface area contributed by atoms with Crippen LogP contribution in [-0.4, -0.2) is 5.17 Å². The zero-order chi connectivity index (χ0) is 18.8. The van der Waals surface area contributed by atoms with Crippen molar-refractivity contribution in [1.29, 1.82) is 0 Å². The summed E-state index contributed by atoms with van der Waals surface area (Å²) in [4.78, 5) is 16.4. The number of fused-ring (bicyclic) bond motifs is 1. The standard InChI is InChI=1S/C20H19ClN2O2S/c1-11-5-4-6-12(2)19(11)23-20(22)26-10-14-8-18(24)25-17-7-13(3)16(21)9-15(14)17/h4-9H,10H2,1-3H3,(H2,22,23). The minimum atomic E-state index is -0.389. The first-order valence-corrected chi connectivity index (χ1v) is 9.47. The zero-order valence-electron chi connectivity index (χ0n) is 14.8. The van der Waals surface area contributed by atoms with Gasteiger partial charge in [0, 0.05) is 22.2 Å². The van der Waals surface area contributed by atoms with Gasteiger partial charge in [-0.1, -0.05) is 41.6 Å². The highest BCUT2D eigenvalue weighted by atomic mass is 35.5. The lowest BCUT2D eigenvalue weighted by atomic mass is 10.1. The quantitative estimate of drug-likeness (QED) is 0.379. The number of halogens is 1. The molecular weight excluding hydrogens is 368 g/mol. The van der Waals surface area contributed by atoms with Crippen LogP contribution in [-0.2, 0) is 5.75 Å². The van der Waals surface area contributed by atoms with Crippen molar-refractivity contribution in [2.45, 2.75) is 26.5 Å². The van der Waals surface area contributed by atoms with Gasteiger partial charge in [-0.2, -0.15) is 0 Å². The molecule has 0 aliphatic heterocycles. The van der Waals surface area contributed by atoms with Crippen molar-refractivity contribution in [1.82, 2.24) is 0 Å². The summed E-state index contributed by atoms with van der Waals surface area (Å²) in [7, 11) is 0. The van der Waals surface area contributed by atoms with E-state index in [0.717, 1.165) is 33.3 Å². The van der Waals surface area contributed by atoms with Gasteiger partial charge in [-0.25, -0.2) is 9.79 Å². The maximum Gasteiger partial charge on any atom is 0.336 e. The fourth-order valence-electron chi connectivity index (χ4n) is 2.74. The van der Waals surface area contributed by atoms with Crippen molar-refractivity contribution in [2.75, 3.05) is 0 Å². The third-order valence-electron chi connectivity index (χ3n) is 4.15. The van der Waals surface area contributed by atoms with Crippen molar-refractivity contribution < 1.29 is 4.42 Å². The maximum atomic E-state index is 11.9. The molecule has 4 nitrogen and oxygen atoms in total. The molecule has 1 heterocycles. The van der Waals surface area contributed by atoms with E-state index < -0.39 is 0 Å². The average molecular weight is 387 g/mol. The Balaban J connectivity index is 1.91. The highest BCUT2D eigenvalue weighted by Crippen LogP contribution is 2.28. The Hall–Kier alpha value is -2.24. The van der Waals surface area contributed by atoms with Gasteiger partial charge in [0.05, 0.1) is 5.69 Å². The lowest BCUT2D eigenvalue weighted by Gasteiger charge is -2.08. The molecule has 0 aliphatic rings. The van der Waals surface area contributed by atoms with E-state index in [2.05, 4.69) is 4.99 Å².